The number of hydrogen-bond acceptors (Lipinski definition) is 8. The predicted octanol–water partition coefficient (Wildman–Crippen LogP) is 2.51. The van der Waals surface area contributed by atoms with E-state index in [1.54, 1.807) is 18.1 Å². The van der Waals surface area contributed by atoms with Crippen LogP contribution in [-0.4, -0.2) is 90.4 Å². The first-order valence-corrected chi connectivity index (χ1v) is 12.4. The van der Waals surface area contributed by atoms with Crippen molar-refractivity contribution < 1.29 is 18.7 Å². The lowest BCUT2D eigenvalue weighted by molar-refractivity contribution is -0.136. The van der Waals surface area contributed by atoms with Gasteiger partial charge >= 0.3 is 12.0 Å². The van der Waals surface area contributed by atoms with Crippen LogP contribution in [-0.2, 0) is 9.53 Å². The zero-order valence-corrected chi connectivity index (χ0v) is 20.8. The summed E-state index contributed by atoms with van der Waals surface area (Å²) in [5.74, 6) is -0.522. The molecule has 3 aliphatic rings. The molecular formula is C23H24ClFN6O3S. The van der Waals surface area contributed by atoms with Gasteiger partial charge in [-0.25, -0.2) is 19.0 Å². The second-order valence-electron chi connectivity index (χ2n) is 8.64. The van der Waals surface area contributed by atoms with Crippen molar-refractivity contribution in [3.63, 3.8) is 0 Å². The van der Waals surface area contributed by atoms with Gasteiger partial charge in [0.15, 0.2) is 10.8 Å². The van der Waals surface area contributed by atoms with E-state index in [-0.39, 0.29) is 17.1 Å². The summed E-state index contributed by atoms with van der Waals surface area (Å²) in [6, 6.07) is 3.37. The van der Waals surface area contributed by atoms with E-state index in [2.05, 4.69) is 15.2 Å². The van der Waals surface area contributed by atoms with Crippen molar-refractivity contribution in [1.82, 2.24) is 25.0 Å². The Balaban J connectivity index is 1.52. The number of aliphatic imine (C=N–C) groups is 1. The number of fused-ring (bicyclic) bond motifs is 1. The Labute approximate surface area is 210 Å². The average molecular weight is 519 g/mol. The Bertz CT molecular complexity index is 1220. The monoisotopic (exact) mass is 518 g/mol. The normalized spacial score (nSPS) is 22.7. The molecule has 0 bridgehead atoms. The number of aromatic nitrogens is 1. The number of thiazole rings is 1. The fourth-order valence-electron chi connectivity index (χ4n) is 4.78. The van der Waals surface area contributed by atoms with E-state index in [1.807, 2.05) is 10.3 Å². The molecule has 1 aromatic heterocycles. The van der Waals surface area contributed by atoms with Crippen LogP contribution in [0.25, 0.3) is 0 Å². The quantitative estimate of drug-likeness (QED) is 0.612. The minimum Gasteiger partial charge on any atom is -0.466 e. The fraction of sp³-hybridized carbons (Fsp3) is 0.391. The number of carbonyl (C=O) groups excluding carboxylic acids is 2. The number of halogens is 2. The number of esters is 1. The van der Waals surface area contributed by atoms with E-state index in [0.717, 1.165) is 0 Å². The van der Waals surface area contributed by atoms with E-state index in [1.165, 1.54) is 36.6 Å². The highest BCUT2D eigenvalue weighted by molar-refractivity contribution is 7.11. The Morgan fingerprint density at radius 1 is 1.34 bits per heavy atom. The number of rotatable bonds is 5. The molecule has 5 rings (SSSR count). The molecule has 2 saturated heterocycles. The van der Waals surface area contributed by atoms with Gasteiger partial charge in [-0.2, -0.15) is 0 Å². The molecule has 4 heterocycles. The third kappa shape index (κ3) is 4.51. The van der Waals surface area contributed by atoms with E-state index in [4.69, 9.17) is 21.3 Å². The van der Waals surface area contributed by atoms with Gasteiger partial charge in [0.05, 0.1) is 18.7 Å². The molecule has 1 aromatic carbocycles. The second-order valence-corrected chi connectivity index (χ2v) is 9.94. The van der Waals surface area contributed by atoms with Crippen molar-refractivity contribution in [3.05, 3.63) is 62.5 Å². The summed E-state index contributed by atoms with van der Waals surface area (Å²) < 4.78 is 18.9. The fourth-order valence-corrected chi connectivity index (χ4v) is 5.63. The van der Waals surface area contributed by atoms with Crippen LogP contribution >= 0.6 is 22.9 Å². The number of likely N-dealkylation sites (N-methyl/N-ethyl adjacent to an activating group) is 1. The number of ether oxygens (including phenoxy) is 1. The van der Waals surface area contributed by atoms with Gasteiger partial charge in [0.25, 0.3) is 0 Å². The maximum atomic E-state index is 13.8. The molecule has 0 unspecified atom stereocenters. The van der Waals surface area contributed by atoms with Gasteiger partial charge < -0.3 is 19.9 Å². The molecule has 2 atom stereocenters. The number of methoxy groups -OCH3 is 1. The van der Waals surface area contributed by atoms with E-state index in [9.17, 15) is 14.0 Å². The van der Waals surface area contributed by atoms with Gasteiger partial charge in [-0.3, -0.25) is 9.89 Å². The number of carbonyl (C=O) groups is 2. The largest absolute Gasteiger partial charge is 0.466 e. The zero-order chi connectivity index (χ0) is 24.7. The number of nitrogens with zero attached hydrogens (tertiary/aromatic N) is 5. The molecule has 0 radical (unpaired) electrons. The third-order valence-electron chi connectivity index (χ3n) is 6.43. The number of nitrogens with one attached hydrogen (secondary N) is 1. The first-order valence-electron chi connectivity index (χ1n) is 11.1. The molecule has 3 aliphatic heterocycles. The Morgan fingerprint density at radius 3 is 2.89 bits per heavy atom. The Hall–Kier alpha value is -3.02. The Morgan fingerprint density at radius 2 is 2.17 bits per heavy atom. The number of amidine groups is 1. The van der Waals surface area contributed by atoms with Crippen molar-refractivity contribution in [1.29, 1.82) is 0 Å². The van der Waals surface area contributed by atoms with Crippen LogP contribution in [0.3, 0.4) is 0 Å². The van der Waals surface area contributed by atoms with Crippen molar-refractivity contribution in [2.75, 3.05) is 46.9 Å². The number of amides is 2. The van der Waals surface area contributed by atoms with E-state index >= 15 is 0 Å². The molecular weight excluding hydrogens is 495 g/mol. The standard InChI is InChI=1S/C23H24ClFN6O3S/c1-29-10-14-11-30(6-7-31(14)23(29)33)12-17-18(22(32)34-2)19(15-4-3-13(25)9-16(15)24)28-20(27-17)21-26-5-8-35-21/h3-5,8-9,14,19H,6-7,10-12H2,1-2H3,(H,27,28)/t14-,19+/m1/s1. The molecule has 2 amide bonds. The molecule has 2 fully saturated rings. The number of urea groups is 1. The number of hydrogen-bond donors (Lipinski definition) is 1. The predicted molar refractivity (Wildman–Crippen MR) is 130 cm³/mol. The second kappa shape index (κ2) is 9.56. The van der Waals surface area contributed by atoms with Gasteiger partial charge in [-0.1, -0.05) is 17.7 Å². The molecule has 0 aliphatic carbocycles. The maximum absolute atomic E-state index is 13.8. The number of benzene rings is 1. The summed E-state index contributed by atoms with van der Waals surface area (Å²) in [6.45, 7) is 3.00. The highest BCUT2D eigenvalue weighted by atomic mass is 35.5. The van der Waals surface area contributed by atoms with Crippen LogP contribution in [0.15, 0.2) is 46.0 Å². The summed E-state index contributed by atoms with van der Waals surface area (Å²) in [4.78, 5) is 40.3. The van der Waals surface area contributed by atoms with Gasteiger partial charge in [0.1, 0.15) is 11.9 Å². The van der Waals surface area contributed by atoms with E-state index in [0.29, 0.717) is 60.4 Å². The zero-order valence-electron chi connectivity index (χ0n) is 19.2. The highest BCUT2D eigenvalue weighted by Crippen LogP contribution is 2.37. The molecule has 184 valence electrons. The summed E-state index contributed by atoms with van der Waals surface area (Å²) in [7, 11) is 3.12. The van der Waals surface area contributed by atoms with Crippen LogP contribution in [0.2, 0.25) is 5.02 Å². The SMILES string of the molecule is COC(=O)C1=C(CN2CCN3C(=O)N(C)C[C@@H]3C2)NC(c2nccs2)=N[C@H]1c1ccc(F)cc1Cl. The van der Waals surface area contributed by atoms with E-state index < -0.39 is 17.8 Å². The minimum atomic E-state index is -0.800. The van der Waals surface area contributed by atoms with Crippen molar-refractivity contribution in [2.24, 2.45) is 4.99 Å². The van der Waals surface area contributed by atoms with Crippen LogP contribution < -0.4 is 5.32 Å². The molecule has 2 aromatic rings. The molecule has 12 heteroatoms. The maximum Gasteiger partial charge on any atom is 0.338 e. The van der Waals surface area contributed by atoms with Gasteiger partial charge in [0.2, 0.25) is 0 Å². The first kappa shape index (κ1) is 23.7. The molecule has 0 saturated carbocycles. The average Bonchev–Trinajstić information content (AvgIpc) is 3.47. The molecule has 35 heavy (non-hydrogen) atoms. The summed E-state index contributed by atoms with van der Waals surface area (Å²) in [5.41, 5.74) is 1.42. The minimum absolute atomic E-state index is 0.0455. The lowest BCUT2D eigenvalue weighted by atomic mass is 9.95. The van der Waals surface area contributed by atoms with Crippen LogP contribution in [0, 0.1) is 5.82 Å². The van der Waals surface area contributed by atoms with Crippen molar-refractivity contribution in [2.45, 2.75) is 12.1 Å². The van der Waals surface area contributed by atoms with Gasteiger partial charge in [-0.05, 0) is 12.1 Å². The smallest absolute Gasteiger partial charge is 0.338 e. The summed E-state index contributed by atoms with van der Waals surface area (Å²) in [6.07, 6.45) is 1.68. The lowest BCUT2D eigenvalue weighted by Crippen LogP contribution is -2.53. The van der Waals surface area contributed by atoms with Gasteiger partial charge in [-0.15, -0.1) is 11.3 Å². The molecule has 0 spiro atoms. The highest BCUT2D eigenvalue weighted by Gasteiger charge is 2.40. The summed E-state index contributed by atoms with van der Waals surface area (Å²) >= 11 is 7.82. The first-order chi connectivity index (χ1) is 16.9. The van der Waals surface area contributed by atoms with Gasteiger partial charge in [0, 0.05) is 67.6 Å². The molecule has 1 N–H and O–H groups in total. The molecule has 9 nitrogen and oxygen atoms in total. The number of piperazine rings is 1. The van der Waals surface area contributed by atoms with Crippen LogP contribution in [0.1, 0.15) is 16.6 Å². The van der Waals surface area contributed by atoms with Crippen LogP contribution in [0.4, 0.5) is 9.18 Å². The van der Waals surface area contributed by atoms with Crippen molar-refractivity contribution >= 4 is 40.8 Å². The van der Waals surface area contributed by atoms with Crippen molar-refractivity contribution in [3.8, 4) is 0 Å². The Kier molecular flexibility index (Phi) is 6.47. The lowest BCUT2D eigenvalue weighted by Gasteiger charge is -2.38. The third-order valence-corrected chi connectivity index (χ3v) is 7.54. The van der Waals surface area contributed by atoms with Crippen LogP contribution in [0.5, 0.6) is 0 Å². The topological polar surface area (TPSA) is 90.4 Å². The summed E-state index contributed by atoms with van der Waals surface area (Å²) in [5, 5.41) is 5.96.